The van der Waals surface area contributed by atoms with E-state index in [4.69, 9.17) is 9.47 Å². The van der Waals surface area contributed by atoms with Gasteiger partial charge in [-0.15, -0.1) is 0 Å². The predicted octanol–water partition coefficient (Wildman–Crippen LogP) is 2.52. The Morgan fingerprint density at radius 1 is 1.30 bits per heavy atom. The fourth-order valence-corrected chi connectivity index (χ4v) is 2.37. The van der Waals surface area contributed by atoms with E-state index in [-0.39, 0.29) is 0 Å². The van der Waals surface area contributed by atoms with Crippen molar-refractivity contribution in [1.82, 2.24) is 5.32 Å². The van der Waals surface area contributed by atoms with Gasteiger partial charge in [-0.2, -0.15) is 0 Å². The highest BCUT2D eigenvalue weighted by atomic mass is 16.5. The minimum atomic E-state index is -0.607. The number of hydrogen-bond acceptors (Lipinski definition) is 4. The summed E-state index contributed by atoms with van der Waals surface area (Å²) in [5.41, 5.74) is 1.16. The Labute approximate surface area is 121 Å². The average Bonchev–Trinajstić information content (AvgIpc) is 3.22. The SMILES string of the molecule is COc1ccc(OC)c(C(O)CNC(C)C2(C)CC2)c1. The summed E-state index contributed by atoms with van der Waals surface area (Å²) in [6, 6.07) is 5.89. The van der Waals surface area contributed by atoms with Crippen molar-refractivity contribution < 1.29 is 14.6 Å². The van der Waals surface area contributed by atoms with Crippen LogP contribution in [0.25, 0.3) is 0 Å². The molecule has 0 saturated heterocycles. The number of nitrogens with one attached hydrogen (secondary N) is 1. The van der Waals surface area contributed by atoms with Gasteiger partial charge in [-0.3, -0.25) is 0 Å². The minimum Gasteiger partial charge on any atom is -0.497 e. The van der Waals surface area contributed by atoms with E-state index in [9.17, 15) is 5.11 Å². The molecule has 0 amide bonds. The summed E-state index contributed by atoms with van der Waals surface area (Å²) in [4.78, 5) is 0. The highest BCUT2D eigenvalue weighted by Gasteiger charge is 2.42. The van der Waals surface area contributed by atoms with Gasteiger partial charge >= 0.3 is 0 Å². The average molecular weight is 279 g/mol. The summed E-state index contributed by atoms with van der Waals surface area (Å²) < 4.78 is 10.5. The summed E-state index contributed by atoms with van der Waals surface area (Å²) in [7, 11) is 3.23. The molecule has 0 radical (unpaired) electrons. The first-order chi connectivity index (χ1) is 9.50. The lowest BCUT2D eigenvalue weighted by Gasteiger charge is -2.23. The molecule has 1 aliphatic carbocycles. The number of aliphatic hydroxyl groups excluding tert-OH is 1. The molecule has 0 aliphatic heterocycles. The van der Waals surface area contributed by atoms with Gasteiger partial charge in [0.25, 0.3) is 0 Å². The quantitative estimate of drug-likeness (QED) is 0.805. The van der Waals surface area contributed by atoms with Crippen LogP contribution in [-0.2, 0) is 0 Å². The van der Waals surface area contributed by atoms with Gasteiger partial charge in [0.2, 0.25) is 0 Å². The molecular weight excluding hydrogens is 254 g/mol. The van der Waals surface area contributed by atoms with Crippen LogP contribution in [0.2, 0.25) is 0 Å². The number of benzene rings is 1. The van der Waals surface area contributed by atoms with E-state index in [0.717, 1.165) is 11.3 Å². The second-order valence-corrected chi connectivity index (χ2v) is 5.91. The Hall–Kier alpha value is -1.26. The van der Waals surface area contributed by atoms with Crippen LogP contribution in [-0.4, -0.2) is 31.9 Å². The highest BCUT2D eigenvalue weighted by Crippen LogP contribution is 2.48. The van der Waals surface area contributed by atoms with E-state index in [2.05, 4.69) is 19.2 Å². The van der Waals surface area contributed by atoms with Crippen molar-refractivity contribution in [2.75, 3.05) is 20.8 Å². The zero-order valence-corrected chi connectivity index (χ0v) is 12.8. The van der Waals surface area contributed by atoms with E-state index < -0.39 is 6.10 Å². The van der Waals surface area contributed by atoms with Gasteiger partial charge in [-0.1, -0.05) is 6.92 Å². The van der Waals surface area contributed by atoms with Crippen LogP contribution in [0.4, 0.5) is 0 Å². The molecule has 1 saturated carbocycles. The lowest BCUT2D eigenvalue weighted by atomic mass is 10.00. The normalized spacial score (nSPS) is 19.2. The van der Waals surface area contributed by atoms with E-state index in [1.54, 1.807) is 14.2 Å². The zero-order chi connectivity index (χ0) is 14.8. The highest BCUT2D eigenvalue weighted by molar-refractivity contribution is 5.41. The Morgan fingerprint density at radius 2 is 2.00 bits per heavy atom. The van der Waals surface area contributed by atoms with E-state index in [1.165, 1.54) is 12.8 Å². The molecule has 20 heavy (non-hydrogen) atoms. The van der Waals surface area contributed by atoms with E-state index >= 15 is 0 Å². The standard InChI is InChI=1S/C16H25NO3/c1-11(16(2)7-8-16)17-10-14(18)13-9-12(19-3)5-6-15(13)20-4/h5-6,9,11,14,17-18H,7-8,10H2,1-4H3. The monoisotopic (exact) mass is 279 g/mol. The van der Waals surface area contributed by atoms with Crippen molar-refractivity contribution >= 4 is 0 Å². The van der Waals surface area contributed by atoms with Crippen LogP contribution in [0.15, 0.2) is 18.2 Å². The molecule has 1 fully saturated rings. The fourth-order valence-electron chi connectivity index (χ4n) is 2.37. The molecule has 4 heteroatoms. The minimum absolute atomic E-state index is 0.401. The molecule has 112 valence electrons. The van der Waals surface area contributed by atoms with Gasteiger partial charge in [0.05, 0.1) is 20.3 Å². The molecule has 0 spiro atoms. The number of methoxy groups -OCH3 is 2. The van der Waals surface area contributed by atoms with Gasteiger partial charge in [0.1, 0.15) is 11.5 Å². The fraction of sp³-hybridized carbons (Fsp3) is 0.625. The predicted molar refractivity (Wildman–Crippen MR) is 79.3 cm³/mol. The Morgan fingerprint density at radius 3 is 2.55 bits per heavy atom. The summed E-state index contributed by atoms with van der Waals surface area (Å²) in [6.45, 7) is 4.98. The van der Waals surface area contributed by atoms with Crippen molar-refractivity contribution in [3.8, 4) is 11.5 Å². The van der Waals surface area contributed by atoms with Crippen molar-refractivity contribution in [3.05, 3.63) is 23.8 Å². The largest absolute Gasteiger partial charge is 0.497 e. The van der Waals surface area contributed by atoms with Crippen molar-refractivity contribution in [2.45, 2.75) is 38.8 Å². The third-order valence-corrected chi connectivity index (χ3v) is 4.50. The third-order valence-electron chi connectivity index (χ3n) is 4.50. The van der Waals surface area contributed by atoms with Crippen LogP contribution < -0.4 is 14.8 Å². The zero-order valence-electron chi connectivity index (χ0n) is 12.8. The van der Waals surface area contributed by atoms with E-state index in [1.807, 2.05) is 18.2 Å². The van der Waals surface area contributed by atoms with Gasteiger partial charge in [-0.05, 0) is 43.4 Å². The molecule has 2 atom stereocenters. The van der Waals surface area contributed by atoms with Crippen molar-refractivity contribution in [1.29, 1.82) is 0 Å². The molecule has 0 heterocycles. The molecule has 2 N–H and O–H groups in total. The number of hydrogen-bond donors (Lipinski definition) is 2. The van der Waals surface area contributed by atoms with Crippen LogP contribution in [0.3, 0.4) is 0 Å². The van der Waals surface area contributed by atoms with Gasteiger partial charge in [0.15, 0.2) is 0 Å². The van der Waals surface area contributed by atoms with Crippen molar-refractivity contribution in [2.24, 2.45) is 5.41 Å². The first-order valence-corrected chi connectivity index (χ1v) is 7.13. The summed E-state index contributed by atoms with van der Waals surface area (Å²) in [6.07, 6.45) is 1.92. The lowest BCUT2D eigenvalue weighted by Crippen LogP contribution is -2.36. The molecule has 0 bridgehead atoms. The van der Waals surface area contributed by atoms with Gasteiger partial charge in [0, 0.05) is 18.2 Å². The summed E-state index contributed by atoms with van der Waals surface area (Å²) in [5.74, 6) is 1.41. The Balaban J connectivity index is 2.02. The maximum absolute atomic E-state index is 10.4. The van der Waals surface area contributed by atoms with Crippen LogP contribution in [0.1, 0.15) is 38.4 Å². The Kier molecular flexibility index (Phi) is 4.55. The second-order valence-electron chi connectivity index (χ2n) is 5.91. The van der Waals surface area contributed by atoms with Gasteiger partial charge in [-0.25, -0.2) is 0 Å². The first kappa shape index (κ1) is 15.1. The van der Waals surface area contributed by atoms with Crippen LogP contribution >= 0.6 is 0 Å². The molecule has 1 aromatic rings. The third kappa shape index (κ3) is 3.25. The molecule has 0 aromatic heterocycles. The maximum Gasteiger partial charge on any atom is 0.124 e. The van der Waals surface area contributed by atoms with Crippen molar-refractivity contribution in [3.63, 3.8) is 0 Å². The van der Waals surface area contributed by atoms with Crippen LogP contribution in [0.5, 0.6) is 11.5 Å². The molecule has 2 unspecified atom stereocenters. The summed E-state index contributed by atoms with van der Waals surface area (Å²) in [5, 5.41) is 13.8. The number of ether oxygens (including phenoxy) is 2. The number of aliphatic hydroxyl groups is 1. The lowest BCUT2D eigenvalue weighted by molar-refractivity contribution is 0.160. The Bertz CT molecular complexity index is 457. The molecular formula is C16H25NO3. The summed E-state index contributed by atoms with van der Waals surface area (Å²) >= 11 is 0. The smallest absolute Gasteiger partial charge is 0.124 e. The topological polar surface area (TPSA) is 50.7 Å². The maximum atomic E-state index is 10.4. The molecule has 1 aliphatic rings. The molecule has 4 nitrogen and oxygen atoms in total. The second kappa shape index (κ2) is 6.02. The molecule has 2 rings (SSSR count). The van der Waals surface area contributed by atoms with Gasteiger partial charge < -0.3 is 19.9 Å². The van der Waals surface area contributed by atoms with E-state index in [0.29, 0.717) is 23.8 Å². The molecule has 1 aromatic carbocycles. The number of rotatable bonds is 7. The first-order valence-electron chi connectivity index (χ1n) is 7.13. The van der Waals surface area contributed by atoms with Crippen LogP contribution in [0, 0.1) is 5.41 Å².